The molecule has 1 aliphatic rings. The normalized spacial score (nSPS) is 19.4. The molecule has 1 saturated heterocycles. The maximum atomic E-state index is 5.45. The van der Waals surface area contributed by atoms with Crippen molar-refractivity contribution in [1.29, 1.82) is 0 Å². The van der Waals surface area contributed by atoms with Crippen molar-refractivity contribution in [2.45, 2.75) is 39.2 Å². The summed E-state index contributed by atoms with van der Waals surface area (Å²) < 4.78 is 9.56. The van der Waals surface area contributed by atoms with Crippen LogP contribution in [0.5, 0.6) is 0 Å². The Morgan fingerprint density at radius 3 is 2.82 bits per heavy atom. The first kappa shape index (κ1) is 12.9. The van der Waals surface area contributed by atoms with Crippen LogP contribution in [-0.2, 0) is 11.2 Å². The number of aryl methyl sites for hydroxylation is 1. The predicted molar refractivity (Wildman–Crippen MR) is 69.2 cm³/mol. The second kappa shape index (κ2) is 6.42. The summed E-state index contributed by atoms with van der Waals surface area (Å²) in [6, 6.07) is 0.416. The Bertz CT molecular complexity index is 336. The van der Waals surface area contributed by atoms with Crippen LogP contribution in [0.15, 0.2) is 0 Å². The van der Waals surface area contributed by atoms with Gasteiger partial charge in [-0.25, -0.2) is 0 Å². The van der Waals surface area contributed by atoms with Gasteiger partial charge in [0, 0.05) is 19.3 Å². The smallest absolute Gasteiger partial charge is 0.0801 e. The van der Waals surface area contributed by atoms with E-state index in [9.17, 15) is 0 Å². The van der Waals surface area contributed by atoms with Gasteiger partial charge in [0.05, 0.1) is 10.6 Å². The van der Waals surface area contributed by atoms with E-state index in [1.807, 2.05) is 0 Å². The zero-order valence-corrected chi connectivity index (χ0v) is 11.4. The van der Waals surface area contributed by atoms with E-state index in [4.69, 9.17) is 4.74 Å². The van der Waals surface area contributed by atoms with Crippen molar-refractivity contribution in [1.82, 2.24) is 14.9 Å². The molecule has 0 spiro atoms. The van der Waals surface area contributed by atoms with Gasteiger partial charge in [0.1, 0.15) is 0 Å². The fourth-order valence-electron chi connectivity index (χ4n) is 2.44. The van der Waals surface area contributed by atoms with Crippen molar-refractivity contribution >= 4 is 11.5 Å². The van der Waals surface area contributed by atoms with E-state index in [1.165, 1.54) is 4.88 Å². The highest BCUT2D eigenvalue weighted by Crippen LogP contribution is 2.33. The van der Waals surface area contributed by atoms with Crippen LogP contribution in [0.2, 0.25) is 0 Å². The molecule has 0 aromatic carbocycles. The average Bonchev–Trinajstić information content (AvgIpc) is 2.85. The Hall–Kier alpha value is -0.520. The summed E-state index contributed by atoms with van der Waals surface area (Å²) in [5, 5.41) is 7.83. The summed E-state index contributed by atoms with van der Waals surface area (Å²) in [4.78, 5) is 1.33. The average molecular weight is 255 g/mol. The number of nitrogens with one attached hydrogen (secondary N) is 1. The van der Waals surface area contributed by atoms with Crippen molar-refractivity contribution in [3.63, 3.8) is 0 Å². The van der Waals surface area contributed by atoms with Gasteiger partial charge in [-0.2, -0.15) is 0 Å². The number of rotatable bonds is 5. The van der Waals surface area contributed by atoms with E-state index in [0.717, 1.165) is 44.7 Å². The molecule has 0 amide bonds. The molecule has 1 aliphatic heterocycles. The Labute approximate surface area is 107 Å². The minimum absolute atomic E-state index is 0.416. The van der Waals surface area contributed by atoms with Crippen LogP contribution in [0, 0.1) is 5.92 Å². The summed E-state index contributed by atoms with van der Waals surface area (Å²) in [7, 11) is 0. The van der Waals surface area contributed by atoms with Crippen molar-refractivity contribution in [2.75, 3.05) is 19.8 Å². The van der Waals surface area contributed by atoms with E-state index in [-0.39, 0.29) is 0 Å². The van der Waals surface area contributed by atoms with Gasteiger partial charge >= 0.3 is 0 Å². The highest BCUT2D eigenvalue weighted by atomic mass is 32.1. The largest absolute Gasteiger partial charge is 0.381 e. The molecule has 4 nitrogen and oxygen atoms in total. The molecule has 0 radical (unpaired) electrons. The highest BCUT2D eigenvalue weighted by Gasteiger charge is 2.28. The monoisotopic (exact) mass is 255 g/mol. The Morgan fingerprint density at radius 2 is 2.18 bits per heavy atom. The molecule has 0 bridgehead atoms. The molecule has 2 rings (SSSR count). The van der Waals surface area contributed by atoms with Crippen LogP contribution in [0.25, 0.3) is 0 Å². The Balaban J connectivity index is 2.15. The van der Waals surface area contributed by atoms with Crippen LogP contribution in [0.4, 0.5) is 0 Å². The van der Waals surface area contributed by atoms with Crippen LogP contribution < -0.4 is 5.32 Å². The van der Waals surface area contributed by atoms with E-state index in [0.29, 0.717) is 12.0 Å². The van der Waals surface area contributed by atoms with Gasteiger partial charge < -0.3 is 10.1 Å². The maximum absolute atomic E-state index is 5.45. The van der Waals surface area contributed by atoms with Gasteiger partial charge in [-0.1, -0.05) is 18.3 Å². The molecule has 1 unspecified atom stereocenters. The molecule has 0 saturated carbocycles. The number of ether oxygens (including phenoxy) is 1. The number of hydrogen-bond acceptors (Lipinski definition) is 5. The standard InChI is InChI=1S/C12H21N3OS/c1-3-10-12(17-15-14-10)11(13-4-2)9-5-7-16-8-6-9/h9,11,13H,3-8H2,1-2H3. The van der Waals surface area contributed by atoms with Gasteiger partial charge in [0.2, 0.25) is 0 Å². The fraction of sp³-hybridized carbons (Fsp3) is 0.833. The topological polar surface area (TPSA) is 47.0 Å². The lowest BCUT2D eigenvalue weighted by atomic mass is 9.90. The zero-order valence-electron chi connectivity index (χ0n) is 10.6. The first-order valence-corrected chi connectivity index (χ1v) is 7.26. The van der Waals surface area contributed by atoms with Crippen molar-refractivity contribution < 1.29 is 4.74 Å². The summed E-state index contributed by atoms with van der Waals surface area (Å²) in [5.41, 5.74) is 1.16. The third-order valence-corrected chi connectivity index (χ3v) is 4.21. The second-order valence-corrected chi connectivity index (χ2v) is 5.21. The van der Waals surface area contributed by atoms with Gasteiger partial charge in [0.25, 0.3) is 0 Å². The second-order valence-electron chi connectivity index (χ2n) is 4.42. The SMILES string of the molecule is CCNC(c1snnc1CC)C1CCOCC1. The minimum atomic E-state index is 0.416. The number of nitrogens with zero attached hydrogens (tertiary/aromatic N) is 2. The van der Waals surface area contributed by atoms with E-state index in [1.54, 1.807) is 11.5 Å². The van der Waals surface area contributed by atoms with Gasteiger partial charge in [-0.05, 0) is 43.3 Å². The Kier molecular flexibility index (Phi) is 4.88. The first-order chi connectivity index (χ1) is 8.36. The molecule has 17 heavy (non-hydrogen) atoms. The molecule has 96 valence electrons. The van der Waals surface area contributed by atoms with Gasteiger partial charge in [0.15, 0.2) is 0 Å². The Morgan fingerprint density at radius 1 is 1.41 bits per heavy atom. The first-order valence-electron chi connectivity index (χ1n) is 6.49. The molecule has 1 aromatic heterocycles. The van der Waals surface area contributed by atoms with Crippen molar-refractivity contribution in [2.24, 2.45) is 5.92 Å². The molecule has 1 aromatic rings. The quantitative estimate of drug-likeness (QED) is 0.876. The van der Waals surface area contributed by atoms with Crippen LogP contribution >= 0.6 is 11.5 Å². The van der Waals surface area contributed by atoms with Crippen LogP contribution in [0.1, 0.15) is 43.3 Å². The lowest BCUT2D eigenvalue weighted by Gasteiger charge is -2.30. The van der Waals surface area contributed by atoms with Crippen molar-refractivity contribution in [3.05, 3.63) is 10.6 Å². The lowest BCUT2D eigenvalue weighted by Crippen LogP contribution is -2.32. The molecule has 0 aliphatic carbocycles. The minimum Gasteiger partial charge on any atom is -0.381 e. The highest BCUT2D eigenvalue weighted by molar-refractivity contribution is 7.05. The number of aromatic nitrogens is 2. The fourth-order valence-corrected chi connectivity index (χ4v) is 3.35. The van der Waals surface area contributed by atoms with E-state index >= 15 is 0 Å². The zero-order chi connectivity index (χ0) is 12.1. The third kappa shape index (κ3) is 3.03. The maximum Gasteiger partial charge on any atom is 0.0801 e. The summed E-state index contributed by atoms with van der Waals surface area (Å²) in [6.45, 7) is 7.07. The molecular weight excluding hydrogens is 234 g/mol. The van der Waals surface area contributed by atoms with Crippen LogP contribution in [0.3, 0.4) is 0 Å². The van der Waals surface area contributed by atoms with Gasteiger partial charge in [-0.15, -0.1) is 5.10 Å². The predicted octanol–water partition coefficient (Wildman–Crippen LogP) is 2.18. The molecule has 1 N–H and O–H groups in total. The van der Waals surface area contributed by atoms with E-state index in [2.05, 4.69) is 28.8 Å². The number of hydrogen-bond donors (Lipinski definition) is 1. The lowest BCUT2D eigenvalue weighted by molar-refractivity contribution is 0.0541. The summed E-state index contributed by atoms with van der Waals surface area (Å²) in [5.74, 6) is 0.663. The molecule has 1 fully saturated rings. The third-order valence-electron chi connectivity index (χ3n) is 3.36. The molecule has 5 heteroatoms. The van der Waals surface area contributed by atoms with Gasteiger partial charge in [-0.3, -0.25) is 0 Å². The molecular formula is C12H21N3OS. The molecule has 2 heterocycles. The molecule has 1 atom stereocenters. The van der Waals surface area contributed by atoms with E-state index < -0.39 is 0 Å². The summed E-state index contributed by atoms with van der Waals surface area (Å²) in [6.07, 6.45) is 3.24. The summed E-state index contributed by atoms with van der Waals surface area (Å²) >= 11 is 1.55. The van der Waals surface area contributed by atoms with Crippen molar-refractivity contribution in [3.8, 4) is 0 Å². The van der Waals surface area contributed by atoms with Crippen LogP contribution in [-0.4, -0.2) is 29.3 Å².